The Morgan fingerprint density at radius 3 is 2.23 bits per heavy atom. The number of anilines is 1. The first-order chi connectivity index (χ1) is 14.7. The summed E-state index contributed by atoms with van der Waals surface area (Å²) in [5, 5.41) is 9.95. The van der Waals surface area contributed by atoms with Crippen molar-refractivity contribution in [3.63, 3.8) is 0 Å². The first-order valence-corrected chi connectivity index (χ1v) is 11.0. The van der Waals surface area contributed by atoms with E-state index < -0.39 is 0 Å². The zero-order valence-electron chi connectivity index (χ0n) is 17.5. The van der Waals surface area contributed by atoms with Gasteiger partial charge < -0.3 is 16.0 Å². The number of guanidine groups is 1. The lowest BCUT2D eigenvalue weighted by Crippen LogP contribution is -2.40. The molecule has 1 saturated heterocycles. The lowest BCUT2D eigenvalue weighted by molar-refractivity contribution is -0.140. The normalized spacial score (nSPS) is 27.0. The summed E-state index contributed by atoms with van der Waals surface area (Å²) < 4.78 is 0. The van der Waals surface area contributed by atoms with Crippen LogP contribution in [0, 0.1) is 23.7 Å². The number of carbonyl (C=O) groups excluding carboxylic acids is 2. The van der Waals surface area contributed by atoms with Crippen LogP contribution >= 0.6 is 0 Å². The summed E-state index contributed by atoms with van der Waals surface area (Å²) >= 11 is 0. The number of rotatable bonds is 9. The highest BCUT2D eigenvalue weighted by atomic mass is 16.2. The predicted octanol–water partition coefficient (Wildman–Crippen LogP) is 1.85. The van der Waals surface area contributed by atoms with Gasteiger partial charge in [-0.3, -0.25) is 19.5 Å². The number of likely N-dealkylation sites (tertiary alicyclic amines) is 1. The fourth-order valence-electron chi connectivity index (χ4n) is 4.93. The number of benzene rings is 1. The molecule has 3 N–H and O–H groups in total. The minimum Gasteiger partial charge on any atom is -0.385 e. The average Bonchev–Trinajstić information content (AvgIpc) is 3.45. The van der Waals surface area contributed by atoms with E-state index >= 15 is 0 Å². The molecule has 1 saturated carbocycles. The van der Waals surface area contributed by atoms with Crippen molar-refractivity contribution in [1.82, 2.24) is 15.5 Å². The largest absolute Gasteiger partial charge is 0.385 e. The Labute approximate surface area is 178 Å². The lowest BCUT2D eigenvalue weighted by atomic mass is 9.85. The van der Waals surface area contributed by atoms with Gasteiger partial charge in [0, 0.05) is 38.9 Å². The molecule has 7 nitrogen and oxygen atoms in total. The quantitative estimate of drug-likeness (QED) is 0.191. The van der Waals surface area contributed by atoms with Crippen LogP contribution in [0.2, 0.25) is 0 Å². The molecule has 3 aliphatic rings. The number of aliphatic imine (C=N–C) groups is 1. The fourth-order valence-corrected chi connectivity index (χ4v) is 4.93. The molecule has 4 atom stereocenters. The van der Waals surface area contributed by atoms with Crippen LogP contribution in [0.15, 0.2) is 47.5 Å². The number of carbonyl (C=O) groups is 2. The Morgan fingerprint density at radius 1 is 0.967 bits per heavy atom. The third kappa shape index (κ3) is 4.20. The number of hydrogen-bond donors (Lipinski definition) is 3. The van der Waals surface area contributed by atoms with Crippen LogP contribution in [-0.4, -0.2) is 55.9 Å². The first-order valence-electron chi connectivity index (χ1n) is 11.0. The van der Waals surface area contributed by atoms with Gasteiger partial charge in [0.15, 0.2) is 5.96 Å². The highest BCUT2D eigenvalue weighted by Gasteiger charge is 2.58. The molecule has 0 spiro atoms. The second-order valence-electron chi connectivity index (χ2n) is 8.25. The molecular formula is C23H31N5O2. The molecule has 0 aromatic heterocycles. The first kappa shape index (κ1) is 20.4. The second kappa shape index (κ2) is 9.32. The van der Waals surface area contributed by atoms with Gasteiger partial charge in [-0.25, -0.2) is 0 Å². The number of imide groups is 1. The maximum absolute atomic E-state index is 12.7. The van der Waals surface area contributed by atoms with Crippen LogP contribution in [0.25, 0.3) is 0 Å². The summed E-state index contributed by atoms with van der Waals surface area (Å²) in [6.45, 7) is 2.84. The second-order valence-corrected chi connectivity index (χ2v) is 8.25. The van der Waals surface area contributed by atoms with E-state index in [-0.39, 0.29) is 35.5 Å². The predicted molar refractivity (Wildman–Crippen MR) is 118 cm³/mol. The van der Waals surface area contributed by atoms with Gasteiger partial charge in [0.25, 0.3) is 0 Å². The van der Waals surface area contributed by atoms with Crippen LogP contribution in [0.5, 0.6) is 0 Å². The number of nitrogens with one attached hydrogen (secondary N) is 3. The van der Waals surface area contributed by atoms with Crippen molar-refractivity contribution >= 4 is 23.5 Å². The Morgan fingerprint density at radius 2 is 1.60 bits per heavy atom. The molecule has 0 radical (unpaired) electrons. The van der Waals surface area contributed by atoms with Crippen LogP contribution in [0.3, 0.4) is 0 Å². The van der Waals surface area contributed by atoms with Gasteiger partial charge in [0.2, 0.25) is 11.8 Å². The maximum Gasteiger partial charge on any atom is 0.233 e. The summed E-state index contributed by atoms with van der Waals surface area (Å²) in [7, 11) is 1.75. The van der Waals surface area contributed by atoms with Crippen molar-refractivity contribution in [3.8, 4) is 0 Å². The van der Waals surface area contributed by atoms with Gasteiger partial charge in [0.05, 0.1) is 11.8 Å². The van der Waals surface area contributed by atoms with Crippen molar-refractivity contribution in [1.29, 1.82) is 0 Å². The van der Waals surface area contributed by atoms with Crippen molar-refractivity contribution in [2.24, 2.45) is 28.7 Å². The van der Waals surface area contributed by atoms with Gasteiger partial charge in [-0.05, 0) is 43.2 Å². The number of para-hydroxylation sites is 1. The molecule has 2 fully saturated rings. The third-order valence-corrected chi connectivity index (χ3v) is 6.39. The number of nitrogens with zero attached hydrogens (tertiary/aromatic N) is 2. The minimum atomic E-state index is -0.0978. The zero-order chi connectivity index (χ0) is 20.9. The van der Waals surface area contributed by atoms with E-state index in [0.717, 1.165) is 44.0 Å². The highest BCUT2D eigenvalue weighted by Crippen LogP contribution is 2.52. The number of amides is 2. The van der Waals surface area contributed by atoms with Crippen molar-refractivity contribution in [2.45, 2.75) is 19.3 Å². The molecular weight excluding hydrogens is 378 g/mol. The van der Waals surface area contributed by atoms with Crippen molar-refractivity contribution in [2.75, 3.05) is 38.5 Å². The number of allylic oxidation sites excluding steroid dienone is 2. The summed E-state index contributed by atoms with van der Waals surface area (Å²) in [6, 6.07) is 10.1. The highest BCUT2D eigenvalue weighted by molar-refractivity contribution is 6.06. The van der Waals surface area contributed by atoms with E-state index in [4.69, 9.17) is 0 Å². The monoisotopic (exact) mass is 409 g/mol. The van der Waals surface area contributed by atoms with E-state index in [9.17, 15) is 9.59 Å². The van der Waals surface area contributed by atoms with E-state index in [1.165, 1.54) is 4.90 Å². The number of hydrogen-bond acceptors (Lipinski definition) is 4. The van der Waals surface area contributed by atoms with Crippen LogP contribution in [-0.2, 0) is 9.59 Å². The molecule has 4 unspecified atom stereocenters. The topological polar surface area (TPSA) is 85.8 Å². The van der Waals surface area contributed by atoms with Crippen LogP contribution in [0.1, 0.15) is 19.3 Å². The molecule has 2 bridgehead atoms. The summed E-state index contributed by atoms with van der Waals surface area (Å²) in [6.07, 6.45) is 6.92. The molecule has 160 valence electrons. The lowest BCUT2D eigenvalue weighted by Gasteiger charge is -2.18. The average molecular weight is 410 g/mol. The Balaban J connectivity index is 1.11. The van der Waals surface area contributed by atoms with E-state index in [0.29, 0.717) is 13.1 Å². The van der Waals surface area contributed by atoms with E-state index in [2.05, 4.69) is 45.2 Å². The van der Waals surface area contributed by atoms with E-state index in [1.807, 2.05) is 18.2 Å². The molecule has 4 rings (SSSR count). The zero-order valence-corrected chi connectivity index (χ0v) is 17.5. The van der Waals surface area contributed by atoms with Crippen LogP contribution < -0.4 is 16.0 Å². The molecule has 2 amide bonds. The molecule has 30 heavy (non-hydrogen) atoms. The van der Waals surface area contributed by atoms with Gasteiger partial charge in [0.1, 0.15) is 0 Å². The Hall–Kier alpha value is -2.83. The molecule has 1 aliphatic heterocycles. The number of fused-ring (bicyclic) bond motifs is 5. The van der Waals surface area contributed by atoms with Gasteiger partial charge in [-0.2, -0.15) is 0 Å². The Bertz CT molecular complexity index is 792. The summed E-state index contributed by atoms with van der Waals surface area (Å²) in [5.41, 5.74) is 1.12. The standard InChI is InChI=1S/C23H31N5O2/c1-24-23(26-12-5-11-25-18-7-3-2-4-8-18)27-13-6-14-28-21(29)19-16-9-10-17(15-16)20(19)22(28)30/h2-4,7-10,16-17,19-20,25H,5-6,11-15H2,1H3,(H2,24,26,27). The summed E-state index contributed by atoms with van der Waals surface area (Å²) in [4.78, 5) is 31.1. The maximum atomic E-state index is 12.7. The Kier molecular flexibility index (Phi) is 6.35. The minimum absolute atomic E-state index is 0.0373. The summed E-state index contributed by atoms with van der Waals surface area (Å²) in [5.74, 6) is 1.18. The van der Waals surface area contributed by atoms with Gasteiger partial charge in [-0.1, -0.05) is 30.4 Å². The third-order valence-electron chi connectivity index (χ3n) is 6.39. The van der Waals surface area contributed by atoms with E-state index in [1.54, 1.807) is 7.05 Å². The molecule has 1 aromatic rings. The molecule has 7 heteroatoms. The SMILES string of the molecule is CN=C(NCCCNc1ccccc1)NCCCN1C(=O)C2C3C=CC(C3)C2C1=O. The van der Waals surface area contributed by atoms with Gasteiger partial charge >= 0.3 is 0 Å². The van der Waals surface area contributed by atoms with Gasteiger partial charge in [-0.15, -0.1) is 0 Å². The molecule has 2 aliphatic carbocycles. The van der Waals surface area contributed by atoms with Crippen molar-refractivity contribution < 1.29 is 9.59 Å². The fraction of sp³-hybridized carbons (Fsp3) is 0.522. The van der Waals surface area contributed by atoms with Crippen LogP contribution in [0.4, 0.5) is 5.69 Å². The molecule has 1 aromatic carbocycles. The smallest absolute Gasteiger partial charge is 0.233 e. The van der Waals surface area contributed by atoms with Crippen molar-refractivity contribution in [3.05, 3.63) is 42.5 Å². The molecule has 1 heterocycles.